The van der Waals surface area contributed by atoms with Gasteiger partial charge in [-0.1, -0.05) is 13.0 Å². The van der Waals surface area contributed by atoms with Gasteiger partial charge in [0, 0.05) is 38.2 Å². The molecule has 0 radical (unpaired) electrons. The number of carbonyl (C=O) groups excluding carboxylic acids is 4. The summed E-state index contributed by atoms with van der Waals surface area (Å²) in [5, 5.41) is 0. The number of hydrogen-bond donors (Lipinski definition) is 0. The van der Waals surface area contributed by atoms with Gasteiger partial charge in [0.15, 0.2) is 0 Å². The molecule has 0 aromatic carbocycles. The second-order valence-corrected chi connectivity index (χ2v) is 12.3. The predicted molar refractivity (Wildman–Crippen MR) is 146 cm³/mol. The molecular weight excluding hydrogens is 504 g/mol. The van der Waals surface area contributed by atoms with E-state index in [1.807, 2.05) is 41.5 Å². The largest absolute Gasteiger partial charge is 0.465 e. The summed E-state index contributed by atoms with van der Waals surface area (Å²) in [6, 6.07) is 0. The molecule has 10 heteroatoms. The van der Waals surface area contributed by atoms with E-state index >= 15 is 0 Å². The van der Waals surface area contributed by atoms with Crippen LogP contribution in [0.1, 0.15) is 87.5 Å². The Balaban J connectivity index is 0.000000267. The SMILES string of the molecule is C.CC(C)(C)OC(=O)N1CCC(=C2CCOC2=O)CC1.CC(C)(C)OC(=O)N1CCC(C2CCOC2=O)CC1. The zero-order valence-corrected chi connectivity index (χ0v) is 23.8. The molecular formula is C29H48N2O8. The molecule has 1 unspecified atom stereocenters. The normalized spacial score (nSPS) is 22.4. The molecule has 0 saturated carbocycles. The van der Waals surface area contributed by atoms with Crippen molar-refractivity contribution in [1.29, 1.82) is 0 Å². The van der Waals surface area contributed by atoms with Gasteiger partial charge in [-0.05, 0) is 79.6 Å². The Morgan fingerprint density at radius 3 is 1.67 bits per heavy atom. The van der Waals surface area contributed by atoms with E-state index in [-0.39, 0.29) is 37.5 Å². The standard InChI is InChI=1S/C14H23NO4.C14H21NO4.CH4/c2*1-14(2,3)19-13(17)15-7-4-10(5-8-15)11-6-9-18-12(11)16;/h10-11H,4-9H2,1-3H3;4-9H2,1-3H3;1H4. The van der Waals surface area contributed by atoms with Crippen LogP contribution >= 0.6 is 0 Å². The molecule has 0 aromatic heterocycles. The summed E-state index contributed by atoms with van der Waals surface area (Å²) in [5.74, 6) is 0.158. The maximum atomic E-state index is 11.9. The summed E-state index contributed by atoms with van der Waals surface area (Å²) >= 11 is 0. The van der Waals surface area contributed by atoms with Crippen molar-refractivity contribution >= 4 is 24.1 Å². The highest BCUT2D eigenvalue weighted by Crippen LogP contribution is 2.32. The lowest BCUT2D eigenvalue weighted by atomic mass is 9.83. The van der Waals surface area contributed by atoms with Gasteiger partial charge >= 0.3 is 24.1 Å². The van der Waals surface area contributed by atoms with Crippen molar-refractivity contribution in [2.75, 3.05) is 39.4 Å². The number of rotatable bonds is 1. The highest BCUT2D eigenvalue weighted by Gasteiger charge is 2.37. The lowest BCUT2D eigenvalue weighted by molar-refractivity contribution is -0.143. The molecule has 222 valence electrons. The maximum Gasteiger partial charge on any atom is 0.410 e. The van der Waals surface area contributed by atoms with E-state index in [4.69, 9.17) is 18.9 Å². The Kier molecular flexibility index (Phi) is 11.2. The van der Waals surface area contributed by atoms with Crippen LogP contribution in [0, 0.1) is 11.8 Å². The van der Waals surface area contributed by atoms with Crippen molar-refractivity contribution in [3.05, 3.63) is 11.1 Å². The van der Waals surface area contributed by atoms with Gasteiger partial charge in [0.2, 0.25) is 0 Å². The molecule has 0 N–H and O–H groups in total. The first-order chi connectivity index (χ1) is 17.7. The lowest BCUT2D eigenvalue weighted by Gasteiger charge is -2.34. The van der Waals surface area contributed by atoms with Crippen LogP contribution in [-0.2, 0) is 28.5 Å². The van der Waals surface area contributed by atoms with E-state index in [1.165, 1.54) is 0 Å². The topological polar surface area (TPSA) is 112 Å². The first-order valence-corrected chi connectivity index (χ1v) is 13.7. The van der Waals surface area contributed by atoms with Gasteiger partial charge in [-0.15, -0.1) is 0 Å². The smallest absolute Gasteiger partial charge is 0.410 e. The molecule has 10 nitrogen and oxygen atoms in total. The van der Waals surface area contributed by atoms with Crippen LogP contribution in [0.15, 0.2) is 11.1 Å². The van der Waals surface area contributed by atoms with Crippen LogP contribution in [0.2, 0.25) is 0 Å². The van der Waals surface area contributed by atoms with Crippen LogP contribution in [0.3, 0.4) is 0 Å². The van der Waals surface area contributed by atoms with Crippen LogP contribution < -0.4 is 0 Å². The zero-order valence-electron chi connectivity index (χ0n) is 23.8. The molecule has 1 atom stereocenters. The number of piperidine rings is 2. The van der Waals surface area contributed by atoms with Crippen molar-refractivity contribution in [1.82, 2.24) is 9.80 Å². The fourth-order valence-electron chi connectivity index (χ4n) is 5.09. The van der Waals surface area contributed by atoms with Gasteiger partial charge in [0.25, 0.3) is 0 Å². The maximum absolute atomic E-state index is 11.9. The number of likely N-dealkylation sites (tertiary alicyclic amines) is 2. The molecule has 0 aliphatic carbocycles. The quantitative estimate of drug-likeness (QED) is 0.251. The molecule has 2 amide bonds. The first kappa shape index (κ1) is 32.4. The number of hydrogen-bond acceptors (Lipinski definition) is 8. The number of ether oxygens (including phenoxy) is 4. The molecule has 4 fully saturated rings. The fourth-order valence-corrected chi connectivity index (χ4v) is 5.09. The first-order valence-electron chi connectivity index (χ1n) is 13.7. The van der Waals surface area contributed by atoms with E-state index in [0.717, 1.165) is 43.3 Å². The molecule has 4 saturated heterocycles. The number of esters is 2. The van der Waals surface area contributed by atoms with Crippen LogP contribution in [0.25, 0.3) is 0 Å². The summed E-state index contributed by atoms with van der Waals surface area (Å²) < 4.78 is 20.7. The Morgan fingerprint density at radius 2 is 1.26 bits per heavy atom. The molecule has 0 bridgehead atoms. The third-order valence-electron chi connectivity index (χ3n) is 7.01. The summed E-state index contributed by atoms with van der Waals surface area (Å²) in [6.45, 7) is 14.8. The Hall–Kier alpha value is -2.78. The number of nitrogens with zero attached hydrogens (tertiary/aromatic N) is 2. The molecule has 39 heavy (non-hydrogen) atoms. The van der Waals surface area contributed by atoms with Gasteiger partial charge in [-0.2, -0.15) is 0 Å². The molecule has 4 heterocycles. The highest BCUT2D eigenvalue weighted by molar-refractivity contribution is 5.91. The fraction of sp³-hybridized carbons (Fsp3) is 0.793. The second kappa shape index (κ2) is 13.5. The van der Waals surface area contributed by atoms with Gasteiger partial charge in [0.1, 0.15) is 11.2 Å². The van der Waals surface area contributed by atoms with Crippen molar-refractivity contribution in [2.45, 2.75) is 98.7 Å². The summed E-state index contributed by atoms with van der Waals surface area (Å²) in [4.78, 5) is 50.3. The van der Waals surface area contributed by atoms with E-state index in [0.29, 0.717) is 51.7 Å². The van der Waals surface area contributed by atoms with E-state index in [1.54, 1.807) is 9.80 Å². The number of carbonyl (C=O) groups is 4. The number of amides is 2. The molecule has 4 aliphatic rings. The predicted octanol–water partition coefficient (Wildman–Crippen LogP) is 5.09. The van der Waals surface area contributed by atoms with Gasteiger partial charge in [-0.3, -0.25) is 4.79 Å². The Morgan fingerprint density at radius 1 is 0.744 bits per heavy atom. The minimum Gasteiger partial charge on any atom is -0.465 e. The van der Waals surface area contributed by atoms with Gasteiger partial charge in [-0.25, -0.2) is 14.4 Å². The van der Waals surface area contributed by atoms with Gasteiger partial charge in [0.05, 0.1) is 19.1 Å². The molecule has 4 rings (SSSR count). The highest BCUT2D eigenvalue weighted by atomic mass is 16.6. The van der Waals surface area contributed by atoms with Crippen molar-refractivity contribution in [3.63, 3.8) is 0 Å². The van der Waals surface area contributed by atoms with E-state index < -0.39 is 11.2 Å². The molecule has 0 aromatic rings. The van der Waals surface area contributed by atoms with Crippen molar-refractivity contribution < 1.29 is 38.1 Å². The van der Waals surface area contributed by atoms with Crippen LogP contribution in [0.4, 0.5) is 9.59 Å². The minimum absolute atomic E-state index is 0. The average Bonchev–Trinajstić information content (AvgIpc) is 3.45. The molecule has 0 spiro atoms. The monoisotopic (exact) mass is 552 g/mol. The van der Waals surface area contributed by atoms with Crippen molar-refractivity contribution in [2.24, 2.45) is 11.8 Å². The number of cyclic esters (lactones) is 2. The van der Waals surface area contributed by atoms with E-state index in [9.17, 15) is 19.2 Å². The van der Waals surface area contributed by atoms with Crippen LogP contribution in [0.5, 0.6) is 0 Å². The van der Waals surface area contributed by atoms with Crippen molar-refractivity contribution in [3.8, 4) is 0 Å². The summed E-state index contributed by atoms with van der Waals surface area (Å²) in [7, 11) is 0. The summed E-state index contributed by atoms with van der Waals surface area (Å²) in [6.07, 6.45) is 4.22. The van der Waals surface area contributed by atoms with Crippen LogP contribution in [-0.4, -0.2) is 84.5 Å². The van der Waals surface area contributed by atoms with Gasteiger partial charge < -0.3 is 28.7 Å². The lowest BCUT2D eigenvalue weighted by Crippen LogP contribution is -2.43. The third-order valence-corrected chi connectivity index (χ3v) is 7.01. The Labute approximate surface area is 233 Å². The average molecular weight is 553 g/mol. The third kappa shape index (κ3) is 9.72. The minimum atomic E-state index is -0.467. The van der Waals surface area contributed by atoms with E-state index in [2.05, 4.69) is 0 Å². The zero-order chi connectivity index (χ0) is 28.1. The molecule has 4 aliphatic heterocycles. The summed E-state index contributed by atoms with van der Waals surface area (Å²) in [5.41, 5.74) is 1.04. The Bertz CT molecular complexity index is 913. The second-order valence-electron chi connectivity index (χ2n) is 12.3.